The standard InChI is InChI=1S/C65H46N2/c1-3-18-51(19-4-1)61(52-20-5-2-6-21-52)28-13-15-47-29-36-59(37-30-47)67(60-25-14-24-55(45-60)50-39-41-66-42-40-50)65-38-35-58(62-26-11-12-27-63(62)65)46-64(56-33-31-48-16-7-9-22-53(48)43-56)57-34-32-49-17-8-10-23-54(49)44-57/h1-46H. The molecule has 2 nitrogen and oxygen atoms in total. The Hall–Kier alpha value is -8.85. The van der Waals surface area contributed by atoms with Crippen molar-refractivity contribution in [1.29, 1.82) is 0 Å². The zero-order valence-corrected chi connectivity index (χ0v) is 37.0. The summed E-state index contributed by atoms with van der Waals surface area (Å²) in [7, 11) is 0. The van der Waals surface area contributed by atoms with Crippen LogP contribution < -0.4 is 4.90 Å². The van der Waals surface area contributed by atoms with Crippen molar-refractivity contribution in [2.24, 2.45) is 0 Å². The summed E-state index contributed by atoms with van der Waals surface area (Å²) in [5, 5.41) is 7.23. The molecule has 0 saturated heterocycles. The molecule has 0 saturated carbocycles. The number of fused-ring (bicyclic) bond motifs is 3. The molecule has 0 aliphatic heterocycles. The highest BCUT2D eigenvalue weighted by atomic mass is 15.1. The number of nitrogens with zero attached hydrogens (tertiary/aromatic N) is 2. The SMILES string of the molecule is C(=Cc1ccc(N(c2cccc(-c3ccncc3)c2)c2ccc(C=C(c3ccc4ccccc4c3)c3ccc4ccccc4c3)c3ccccc23)cc1)C=C(c1ccccc1)c1ccccc1. The van der Waals surface area contributed by atoms with Gasteiger partial charge in [-0.05, 0) is 143 Å². The normalized spacial score (nSPS) is 11.2. The Morgan fingerprint density at radius 1 is 0.373 bits per heavy atom. The van der Waals surface area contributed by atoms with Crippen LogP contribution in [0.15, 0.2) is 267 Å². The van der Waals surface area contributed by atoms with Crippen molar-refractivity contribution in [1.82, 2.24) is 4.98 Å². The van der Waals surface area contributed by atoms with Gasteiger partial charge in [-0.3, -0.25) is 4.98 Å². The van der Waals surface area contributed by atoms with Crippen LogP contribution in [-0.4, -0.2) is 4.98 Å². The predicted octanol–water partition coefficient (Wildman–Crippen LogP) is 17.4. The molecule has 0 atom stereocenters. The van der Waals surface area contributed by atoms with Gasteiger partial charge < -0.3 is 4.90 Å². The van der Waals surface area contributed by atoms with Crippen molar-refractivity contribution in [3.8, 4) is 11.1 Å². The number of aromatic nitrogens is 1. The summed E-state index contributed by atoms with van der Waals surface area (Å²) in [6, 6.07) is 87.3. The van der Waals surface area contributed by atoms with Crippen molar-refractivity contribution >= 4 is 72.7 Å². The second kappa shape index (κ2) is 18.7. The van der Waals surface area contributed by atoms with E-state index in [4.69, 9.17) is 0 Å². The largest absolute Gasteiger partial charge is 0.310 e. The first-order valence-corrected chi connectivity index (χ1v) is 22.8. The van der Waals surface area contributed by atoms with E-state index in [1.54, 1.807) is 0 Å². The fourth-order valence-electron chi connectivity index (χ4n) is 9.21. The lowest BCUT2D eigenvalue weighted by atomic mass is 9.91. The van der Waals surface area contributed by atoms with Gasteiger partial charge in [0.1, 0.15) is 0 Å². The number of benzene rings is 10. The highest BCUT2D eigenvalue weighted by Crippen LogP contribution is 2.42. The summed E-state index contributed by atoms with van der Waals surface area (Å²) in [6.45, 7) is 0. The third-order valence-electron chi connectivity index (χ3n) is 12.6. The number of hydrogen-bond donors (Lipinski definition) is 0. The molecule has 1 aromatic heterocycles. The molecule has 11 aromatic rings. The zero-order valence-electron chi connectivity index (χ0n) is 37.0. The molecular weight excluding hydrogens is 809 g/mol. The molecule has 11 rings (SSSR count). The van der Waals surface area contributed by atoms with E-state index >= 15 is 0 Å². The topological polar surface area (TPSA) is 16.1 Å². The molecular formula is C65H46N2. The van der Waals surface area contributed by atoms with Crippen LogP contribution in [0.3, 0.4) is 0 Å². The maximum absolute atomic E-state index is 4.30. The van der Waals surface area contributed by atoms with Crippen molar-refractivity contribution in [2.45, 2.75) is 0 Å². The minimum Gasteiger partial charge on any atom is -0.310 e. The highest BCUT2D eigenvalue weighted by Gasteiger charge is 2.18. The minimum absolute atomic E-state index is 1.07. The van der Waals surface area contributed by atoms with Gasteiger partial charge >= 0.3 is 0 Å². The quantitative estimate of drug-likeness (QED) is 0.0952. The number of pyridine rings is 1. The summed E-state index contributed by atoms with van der Waals surface area (Å²) >= 11 is 0. The molecule has 0 aliphatic rings. The third kappa shape index (κ3) is 8.72. The van der Waals surface area contributed by atoms with Gasteiger partial charge in [0.05, 0.1) is 5.69 Å². The van der Waals surface area contributed by atoms with Crippen LogP contribution in [0.5, 0.6) is 0 Å². The van der Waals surface area contributed by atoms with E-state index in [0.717, 1.165) is 44.7 Å². The Morgan fingerprint density at radius 3 is 1.60 bits per heavy atom. The summed E-state index contributed by atoms with van der Waals surface area (Å²) in [5.41, 5.74) is 14.8. The van der Waals surface area contributed by atoms with Crippen LogP contribution in [0.4, 0.5) is 17.1 Å². The number of hydrogen-bond acceptors (Lipinski definition) is 2. The van der Waals surface area contributed by atoms with Crippen molar-refractivity contribution < 1.29 is 0 Å². The van der Waals surface area contributed by atoms with E-state index in [1.165, 1.54) is 60.3 Å². The number of rotatable bonds is 11. The maximum Gasteiger partial charge on any atom is 0.0540 e. The Morgan fingerprint density at radius 2 is 0.955 bits per heavy atom. The summed E-state index contributed by atoms with van der Waals surface area (Å²) < 4.78 is 0. The lowest BCUT2D eigenvalue weighted by Crippen LogP contribution is -2.11. The van der Waals surface area contributed by atoms with Gasteiger partial charge in [-0.1, -0.05) is 206 Å². The Balaban J connectivity index is 1.03. The molecule has 0 amide bonds. The summed E-state index contributed by atoms with van der Waals surface area (Å²) in [6.07, 6.45) is 12.6. The molecule has 0 spiro atoms. The average Bonchev–Trinajstić information content (AvgIpc) is 3.40. The van der Waals surface area contributed by atoms with Gasteiger partial charge in [0.25, 0.3) is 0 Å². The van der Waals surface area contributed by atoms with Crippen LogP contribution in [0.1, 0.15) is 33.4 Å². The molecule has 0 aliphatic carbocycles. The molecule has 0 radical (unpaired) electrons. The lowest BCUT2D eigenvalue weighted by Gasteiger charge is -2.28. The third-order valence-corrected chi connectivity index (χ3v) is 12.6. The van der Waals surface area contributed by atoms with Crippen LogP contribution in [0, 0.1) is 0 Å². The molecule has 2 heteroatoms. The monoisotopic (exact) mass is 854 g/mol. The number of anilines is 3. The lowest BCUT2D eigenvalue weighted by molar-refractivity contribution is 1.29. The van der Waals surface area contributed by atoms with Gasteiger partial charge in [0.2, 0.25) is 0 Å². The summed E-state index contributed by atoms with van der Waals surface area (Å²) in [5.74, 6) is 0. The van der Waals surface area contributed by atoms with Crippen LogP contribution in [-0.2, 0) is 0 Å². The smallest absolute Gasteiger partial charge is 0.0540 e. The minimum atomic E-state index is 1.07. The van der Waals surface area contributed by atoms with Crippen molar-refractivity contribution in [3.05, 3.63) is 301 Å². The van der Waals surface area contributed by atoms with Crippen molar-refractivity contribution in [3.63, 3.8) is 0 Å². The van der Waals surface area contributed by atoms with E-state index in [9.17, 15) is 0 Å². The molecule has 0 bridgehead atoms. The molecule has 1 heterocycles. The van der Waals surface area contributed by atoms with Crippen molar-refractivity contribution in [2.75, 3.05) is 4.90 Å². The Bertz CT molecular complexity index is 3480. The molecule has 316 valence electrons. The average molecular weight is 855 g/mol. The van der Waals surface area contributed by atoms with E-state index in [2.05, 4.69) is 277 Å². The van der Waals surface area contributed by atoms with Crippen LogP contribution in [0.25, 0.3) is 66.7 Å². The van der Waals surface area contributed by atoms with E-state index in [0.29, 0.717) is 0 Å². The zero-order chi connectivity index (χ0) is 44.8. The van der Waals surface area contributed by atoms with E-state index in [1.807, 2.05) is 12.4 Å². The molecule has 0 fully saturated rings. The summed E-state index contributed by atoms with van der Waals surface area (Å²) in [4.78, 5) is 6.69. The highest BCUT2D eigenvalue weighted by molar-refractivity contribution is 6.07. The fourth-order valence-corrected chi connectivity index (χ4v) is 9.21. The number of allylic oxidation sites excluding steroid dienone is 2. The maximum atomic E-state index is 4.30. The van der Waals surface area contributed by atoms with Gasteiger partial charge in [-0.25, -0.2) is 0 Å². The first-order valence-electron chi connectivity index (χ1n) is 22.8. The van der Waals surface area contributed by atoms with E-state index < -0.39 is 0 Å². The Kier molecular flexibility index (Phi) is 11.4. The van der Waals surface area contributed by atoms with Crippen LogP contribution >= 0.6 is 0 Å². The predicted molar refractivity (Wildman–Crippen MR) is 286 cm³/mol. The second-order valence-electron chi connectivity index (χ2n) is 16.8. The first kappa shape index (κ1) is 40.9. The second-order valence-corrected chi connectivity index (χ2v) is 16.8. The molecule has 0 unspecified atom stereocenters. The van der Waals surface area contributed by atoms with E-state index in [-0.39, 0.29) is 0 Å². The Labute approximate surface area is 392 Å². The first-order chi connectivity index (χ1) is 33.2. The fraction of sp³-hybridized carbons (Fsp3) is 0. The van der Waals surface area contributed by atoms with Gasteiger partial charge in [-0.15, -0.1) is 0 Å². The van der Waals surface area contributed by atoms with Gasteiger partial charge in [0, 0.05) is 29.2 Å². The van der Waals surface area contributed by atoms with Crippen LogP contribution in [0.2, 0.25) is 0 Å². The molecule has 0 N–H and O–H groups in total. The molecule has 67 heavy (non-hydrogen) atoms. The van der Waals surface area contributed by atoms with Gasteiger partial charge in [-0.2, -0.15) is 0 Å². The molecule has 10 aromatic carbocycles. The van der Waals surface area contributed by atoms with Gasteiger partial charge in [0.15, 0.2) is 0 Å².